The van der Waals surface area contributed by atoms with Crippen LogP contribution in [0.1, 0.15) is 24.6 Å². The smallest absolute Gasteiger partial charge is 0.387 e. The molecule has 1 amide bonds. The average molecular weight is 653 g/mol. The Labute approximate surface area is 267 Å². The molecule has 2 N–H and O–H groups in total. The van der Waals surface area contributed by atoms with Crippen molar-refractivity contribution < 1.29 is 28.2 Å². The number of nitrogens with zero attached hydrogens (tertiary/aromatic N) is 7. The maximum Gasteiger partial charge on any atom is 0.387 e. The molecule has 15 heteroatoms. The van der Waals surface area contributed by atoms with Gasteiger partial charge in [0.05, 0.1) is 30.7 Å². The molecule has 0 radical (unpaired) electrons. The van der Waals surface area contributed by atoms with Crippen LogP contribution in [0.4, 0.5) is 14.5 Å². The Morgan fingerprint density at radius 1 is 1.20 bits per heavy atom. The van der Waals surface area contributed by atoms with Crippen LogP contribution in [-0.4, -0.2) is 97.7 Å². The first kappa shape index (κ1) is 30.5. The molecule has 0 saturated carbocycles. The Hall–Kier alpha value is -4.18. The average Bonchev–Trinajstić information content (AvgIpc) is 3.79. The summed E-state index contributed by atoms with van der Waals surface area (Å²) >= 11 is 1.45. The fourth-order valence-corrected chi connectivity index (χ4v) is 7.00. The van der Waals surface area contributed by atoms with Gasteiger partial charge in [-0.2, -0.15) is 19.0 Å². The van der Waals surface area contributed by atoms with Gasteiger partial charge >= 0.3 is 6.61 Å². The number of rotatable bonds is 10. The van der Waals surface area contributed by atoms with E-state index in [0.29, 0.717) is 41.5 Å². The third kappa shape index (κ3) is 6.54. The summed E-state index contributed by atoms with van der Waals surface area (Å²) in [5.74, 6) is 0.385. The second-order valence-corrected chi connectivity index (χ2v) is 12.5. The number of piperidine rings is 1. The van der Waals surface area contributed by atoms with E-state index in [1.165, 1.54) is 26.7 Å². The number of likely N-dealkylation sites (tertiary alicyclic amines) is 1. The Morgan fingerprint density at radius 2 is 2.02 bits per heavy atom. The summed E-state index contributed by atoms with van der Waals surface area (Å²) in [7, 11) is 0. The van der Waals surface area contributed by atoms with Crippen LogP contribution in [0.2, 0.25) is 0 Å². The fourth-order valence-electron chi connectivity index (χ4n) is 6.19. The number of benzene rings is 1. The fraction of sp³-hybridized carbons (Fsp3) is 0.419. The van der Waals surface area contributed by atoms with Crippen LogP contribution in [0, 0.1) is 5.92 Å². The van der Waals surface area contributed by atoms with Crippen molar-refractivity contribution in [2.75, 3.05) is 51.3 Å². The standard InChI is InChI=1S/C31H34F2N8O4S/c32-31(33)45-25-14-21-4-13-46-26(21)15-22(25)28-24(36-30(43)23-16-35-41-6-1-5-34-29(23)41)18-40(37-28)19-27(42)39-7-2-20(3-8-39)17-38-9-11-44-12-10-38/h1,4-6,13-16,18,20,30-31,36,43H,2-3,7-12,17,19H2. The van der Waals surface area contributed by atoms with E-state index < -0.39 is 12.8 Å². The topological polar surface area (TPSA) is 122 Å². The third-order valence-corrected chi connectivity index (χ3v) is 9.45. The quantitative estimate of drug-likeness (QED) is 0.215. The molecule has 12 nitrogen and oxygen atoms in total. The van der Waals surface area contributed by atoms with E-state index in [0.717, 1.165) is 55.8 Å². The number of nitrogens with one attached hydrogen (secondary N) is 1. The van der Waals surface area contributed by atoms with Crippen LogP contribution in [0.3, 0.4) is 0 Å². The highest BCUT2D eigenvalue weighted by atomic mass is 32.1. The number of hydrogen-bond acceptors (Lipinski definition) is 10. The van der Waals surface area contributed by atoms with Crippen molar-refractivity contribution in [3.05, 3.63) is 60.0 Å². The Balaban J connectivity index is 1.14. The maximum absolute atomic E-state index is 13.6. The van der Waals surface area contributed by atoms with Crippen molar-refractivity contribution in [3.63, 3.8) is 0 Å². The lowest BCUT2D eigenvalue weighted by molar-refractivity contribution is -0.133. The van der Waals surface area contributed by atoms with Gasteiger partial charge in [-0.15, -0.1) is 11.3 Å². The van der Waals surface area contributed by atoms with Crippen LogP contribution < -0.4 is 10.1 Å². The van der Waals surface area contributed by atoms with E-state index in [1.54, 1.807) is 36.8 Å². The maximum atomic E-state index is 13.6. The molecular formula is C31H34F2N8O4S. The summed E-state index contributed by atoms with van der Waals surface area (Å²) in [5, 5.41) is 25.8. The van der Waals surface area contributed by atoms with Gasteiger partial charge < -0.3 is 24.8 Å². The van der Waals surface area contributed by atoms with Crippen molar-refractivity contribution in [1.29, 1.82) is 0 Å². The zero-order valence-electron chi connectivity index (χ0n) is 25.0. The van der Waals surface area contributed by atoms with Gasteiger partial charge in [-0.25, -0.2) is 9.50 Å². The Kier molecular flexibility index (Phi) is 8.80. The minimum Gasteiger partial charge on any atom is -0.434 e. The molecule has 2 saturated heterocycles. The van der Waals surface area contributed by atoms with Crippen LogP contribution in [0.5, 0.6) is 5.75 Å². The number of carbonyl (C=O) groups is 1. The van der Waals surface area contributed by atoms with Crippen molar-refractivity contribution in [2.24, 2.45) is 5.92 Å². The molecule has 1 atom stereocenters. The summed E-state index contributed by atoms with van der Waals surface area (Å²) in [5.41, 5.74) is 1.75. The zero-order chi connectivity index (χ0) is 31.6. The molecule has 2 fully saturated rings. The second kappa shape index (κ2) is 13.3. The number of aromatic nitrogens is 5. The molecule has 242 valence electrons. The van der Waals surface area contributed by atoms with Crippen molar-refractivity contribution in [3.8, 4) is 17.0 Å². The highest BCUT2D eigenvalue weighted by molar-refractivity contribution is 7.17. The van der Waals surface area contributed by atoms with E-state index in [-0.39, 0.29) is 23.9 Å². The number of ether oxygens (including phenoxy) is 2. The van der Waals surface area contributed by atoms with Gasteiger partial charge in [0.25, 0.3) is 0 Å². The molecule has 1 unspecified atom stereocenters. The highest BCUT2D eigenvalue weighted by Crippen LogP contribution is 2.40. The molecule has 4 aromatic heterocycles. The predicted octanol–water partition coefficient (Wildman–Crippen LogP) is 4.08. The van der Waals surface area contributed by atoms with Crippen LogP contribution in [0.25, 0.3) is 27.0 Å². The van der Waals surface area contributed by atoms with Crippen LogP contribution in [-0.2, 0) is 16.1 Å². The van der Waals surface area contributed by atoms with Gasteiger partial charge in [-0.05, 0) is 53.8 Å². The lowest BCUT2D eigenvalue weighted by Crippen LogP contribution is -2.45. The molecule has 46 heavy (non-hydrogen) atoms. The number of fused-ring (bicyclic) bond motifs is 2. The van der Waals surface area contributed by atoms with Gasteiger partial charge in [-0.3, -0.25) is 14.4 Å². The van der Waals surface area contributed by atoms with Crippen molar-refractivity contribution in [2.45, 2.75) is 32.2 Å². The molecule has 0 bridgehead atoms. The van der Waals surface area contributed by atoms with Gasteiger partial charge in [0.1, 0.15) is 18.0 Å². The van der Waals surface area contributed by atoms with Crippen LogP contribution in [0.15, 0.2) is 54.4 Å². The molecule has 7 rings (SSSR count). The lowest BCUT2D eigenvalue weighted by atomic mass is 9.96. The number of aliphatic hydroxyl groups excluding tert-OH is 1. The van der Waals surface area contributed by atoms with Gasteiger partial charge in [0.2, 0.25) is 5.91 Å². The first-order valence-corrected chi connectivity index (χ1v) is 16.1. The minimum atomic E-state index is -3.06. The number of morpholine rings is 1. The van der Waals surface area contributed by atoms with E-state index >= 15 is 0 Å². The van der Waals surface area contributed by atoms with E-state index in [2.05, 4.69) is 25.4 Å². The normalized spacial score (nSPS) is 17.3. The second-order valence-electron chi connectivity index (χ2n) is 11.5. The largest absolute Gasteiger partial charge is 0.434 e. The van der Waals surface area contributed by atoms with Crippen molar-refractivity contribution >= 4 is 38.7 Å². The molecule has 0 spiro atoms. The van der Waals surface area contributed by atoms with Gasteiger partial charge in [0, 0.05) is 61.6 Å². The number of carbonyl (C=O) groups excluding carboxylic acids is 1. The SMILES string of the molecule is O=C(Cn1cc(NC(O)c2cnn3cccnc23)c(-c2cc3sccc3cc2OC(F)F)n1)N1CCC(CN2CCOCC2)CC1. The summed E-state index contributed by atoms with van der Waals surface area (Å²) < 4.78 is 41.4. The van der Waals surface area contributed by atoms with Gasteiger partial charge in [-0.1, -0.05) is 0 Å². The highest BCUT2D eigenvalue weighted by Gasteiger charge is 2.27. The lowest BCUT2D eigenvalue weighted by Gasteiger charge is -2.36. The molecule has 6 heterocycles. The van der Waals surface area contributed by atoms with Crippen LogP contribution >= 0.6 is 11.3 Å². The number of halogens is 2. The first-order valence-electron chi connectivity index (χ1n) is 15.3. The molecule has 2 aliphatic heterocycles. The van der Waals surface area contributed by atoms with E-state index in [4.69, 9.17) is 9.47 Å². The summed E-state index contributed by atoms with van der Waals surface area (Å²) in [6.07, 6.45) is 6.99. The molecule has 2 aliphatic rings. The van der Waals surface area contributed by atoms with E-state index in [1.807, 2.05) is 16.3 Å². The Morgan fingerprint density at radius 3 is 2.83 bits per heavy atom. The third-order valence-electron chi connectivity index (χ3n) is 8.57. The molecule has 0 aliphatic carbocycles. The number of aliphatic hydroxyl groups is 1. The summed E-state index contributed by atoms with van der Waals surface area (Å²) in [6.45, 7) is 2.66. The number of hydrogen-bond donors (Lipinski definition) is 2. The van der Waals surface area contributed by atoms with Crippen molar-refractivity contribution in [1.82, 2.24) is 34.2 Å². The summed E-state index contributed by atoms with van der Waals surface area (Å²) in [6, 6.07) is 6.83. The van der Waals surface area contributed by atoms with E-state index in [9.17, 15) is 18.7 Å². The molecule has 1 aromatic carbocycles. The predicted molar refractivity (Wildman–Crippen MR) is 168 cm³/mol. The number of anilines is 1. The molecule has 5 aromatic rings. The van der Waals surface area contributed by atoms with Gasteiger partial charge in [0.15, 0.2) is 11.9 Å². The monoisotopic (exact) mass is 652 g/mol. The number of alkyl halides is 2. The Bertz CT molecular complexity index is 1810. The minimum absolute atomic E-state index is 0.0521. The zero-order valence-corrected chi connectivity index (χ0v) is 25.8. The first-order chi connectivity index (χ1) is 22.4. The number of amides is 1. The molecular weight excluding hydrogens is 618 g/mol. The summed E-state index contributed by atoms with van der Waals surface area (Å²) in [4.78, 5) is 22.1. The number of thiophene rings is 1.